The molecule has 0 spiro atoms. The van der Waals surface area contributed by atoms with Gasteiger partial charge in [0.05, 0.1) is 0 Å². The maximum atomic E-state index is 14.4. The molecule has 2 aromatic carbocycles. The van der Waals surface area contributed by atoms with Gasteiger partial charge in [0, 0.05) is 37.3 Å². The van der Waals surface area contributed by atoms with Gasteiger partial charge in [-0.15, -0.1) is 0 Å². The van der Waals surface area contributed by atoms with E-state index in [4.69, 9.17) is 4.74 Å². The summed E-state index contributed by atoms with van der Waals surface area (Å²) in [5.41, 5.74) is 1.61. The summed E-state index contributed by atoms with van der Waals surface area (Å²) in [6.45, 7) is 6.48. The molecule has 0 saturated heterocycles. The van der Waals surface area contributed by atoms with Crippen molar-refractivity contribution in [1.82, 2.24) is 10.2 Å². The summed E-state index contributed by atoms with van der Waals surface area (Å²) in [7, 11) is 0. The lowest BCUT2D eigenvalue weighted by molar-refractivity contribution is -0.116. The number of para-hydroxylation sites is 1. The zero-order valence-corrected chi connectivity index (χ0v) is 16.4. The molecule has 3 rings (SSSR count). The first kappa shape index (κ1) is 20.1. The second-order valence-electron chi connectivity index (χ2n) is 7.37. The van der Waals surface area contributed by atoms with Crippen LogP contribution in [-0.4, -0.2) is 30.4 Å². The third-order valence-electron chi connectivity index (χ3n) is 4.67. The van der Waals surface area contributed by atoms with Crippen LogP contribution in [-0.2, 0) is 11.3 Å². The number of amides is 1. The Kier molecular flexibility index (Phi) is 6.82. The summed E-state index contributed by atoms with van der Waals surface area (Å²) in [6.07, 6.45) is 3.05. The molecule has 1 unspecified atom stereocenters. The van der Waals surface area contributed by atoms with E-state index >= 15 is 0 Å². The van der Waals surface area contributed by atoms with E-state index in [0.29, 0.717) is 37.7 Å². The second kappa shape index (κ2) is 9.51. The Morgan fingerprint density at radius 1 is 1.25 bits per heavy atom. The zero-order chi connectivity index (χ0) is 19.9. The maximum Gasteiger partial charge on any atom is 0.243 e. The molecule has 0 aromatic heterocycles. The van der Waals surface area contributed by atoms with Gasteiger partial charge in [-0.3, -0.25) is 9.69 Å². The van der Waals surface area contributed by atoms with Crippen LogP contribution in [0.15, 0.2) is 60.7 Å². The van der Waals surface area contributed by atoms with Crippen molar-refractivity contribution in [2.75, 3.05) is 19.6 Å². The van der Waals surface area contributed by atoms with Gasteiger partial charge in [-0.1, -0.05) is 56.3 Å². The molecule has 1 aliphatic heterocycles. The lowest BCUT2D eigenvalue weighted by atomic mass is 10.1. The molecule has 148 valence electrons. The Hall–Kier alpha value is -2.66. The molecule has 0 saturated carbocycles. The summed E-state index contributed by atoms with van der Waals surface area (Å²) in [6, 6.07) is 14.6. The number of carbonyl (C=O) groups is 1. The molecule has 2 aromatic rings. The Morgan fingerprint density at radius 3 is 2.79 bits per heavy atom. The Labute approximate surface area is 166 Å². The van der Waals surface area contributed by atoms with Crippen LogP contribution in [0.3, 0.4) is 0 Å². The van der Waals surface area contributed by atoms with Crippen LogP contribution in [0.5, 0.6) is 5.75 Å². The molecule has 5 heteroatoms. The molecular weight excluding hydrogens is 355 g/mol. The van der Waals surface area contributed by atoms with E-state index in [1.54, 1.807) is 18.2 Å². The van der Waals surface area contributed by atoms with Crippen LogP contribution in [0.25, 0.3) is 0 Å². The number of rotatable bonds is 6. The lowest BCUT2D eigenvalue weighted by Crippen LogP contribution is -2.36. The van der Waals surface area contributed by atoms with Gasteiger partial charge in [-0.2, -0.15) is 0 Å². The summed E-state index contributed by atoms with van der Waals surface area (Å²) in [5.74, 6) is 0.762. The fourth-order valence-corrected chi connectivity index (χ4v) is 3.22. The van der Waals surface area contributed by atoms with E-state index in [1.807, 2.05) is 50.3 Å². The highest BCUT2D eigenvalue weighted by Crippen LogP contribution is 2.31. The van der Waals surface area contributed by atoms with Crippen molar-refractivity contribution < 1.29 is 13.9 Å². The standard InChI is InChI=1S/C23H27FN2O2/c1-17(2)11-12-23(27)25-13-14-26-15-18-7-3-6-10-21(18)28-22(16-26)19-8-4-5-9-20(19)24/h3-12,17,22H,13-16H2,1-2H3,(H,25,27)/b12-11+. The first-order valence-corrected chi connectivity index (χ1v) is 9.70. The van der Waals surface area contributed by atoms with Gasteiger partial charge in [0.2, 0.25) is 5.91 Å². The average Bonchev–Trinajstić information content (AvgIpc) is 2.86. The van der Waals surface area contributed by atoms with E-state index in [1.165, 1.54) is 6.07 Å². The third-order valence-corrected chi connectivity index (χ3v) is 4.67. The van der Waals surface area contributed by atoms with Crippen molar-refractivity contribution >= 4 is 5.91 Å². The number of fused-ring (bicyclic) bond motifs is 1. The second-order valence-corrected chi connectivity index (χ2v) is 7.37. The van der Waals surface area contributed by atoms with Crippen LogP contribution < -0.4 is 10.1 Å². The van der Waals surface area contributed by atoms with Gasteiger partial charge in [-0.25, -0.2) is 4.39 Å². The van der Waals surface area contributed by atoms with Gasteiger partial charge in [-0.05, 0) is 24.1 Å². The van der Waals surface area contributed by atoms with Gasteiger partial charge in [0.1, 0.15) is 17.7 Å². The molecule has 1 amide bonds. The highest BCUT2D eigenvalue weighted by Gasteiger charge is 2.25. The minimum absolute atomic E-state index is 0.0918. The van der Waals surface area contributed by atoms with Crippen LogP contribution in [0, 0.1) is 11.7 Å². The monoisotopic (exact) mass is 382 g/mol. The minimum Gasteiger partial charge on any atom is -0.484 e. The number of ether oxygens (including phenoxy) is 1. The van der Waals surface area contributed by atoms with E-state index < -0.39 is 6.10 Å². The predicted octanol–water partition coefficient (Wildman–Crippen LogP) is 4.09. The third kappa shape index (κ3) is 5.42. The van der Waals surface area contributed by atoms with Crippen LogP contribution in [0.2, 0.25) is 0 Å². The Balaban J connectivity index is 1.70. The first-order chi connectivity index (χ1) is 13.5. The van der Waals surface area contributed by atoms with Gasteiger partial charge < -0.3 is 10.1 Å². The van der Waals surface area contributed by atoms with E-state index in [9.17, 15) is 9.18 Å². The number of halogens is 1. The van der Waals surface area contributed by atoms with Crippen molar-refractivity contribution in [3.05, 3.63) is 77.6 Å². The maximum absolute atomic E-state index is 14.4. The molecule has 4 nitrogen and oxygen atoms in total. The highest BCUT2D eigenvalue weighted by atomic mass is 19.1. The molecular formula is C23H27FN2O2. The van der Waals surface area contributed by atoms with Crippen molar-refractivity contribution in [2.24, 2.45) is 5.92 Å². The molecule has 1 N–H and O–H groups in total. The normalized spacial score (nSPS) is 17.2. The fraction of sp³-hybridized carbons (Fsp3) is 0.348. The van der Waals surface area contributed by atoms with E-state index in [0.717, 1.165) is 11.3 Å². The lowest BCUT2D eigenvalue weighted by Gasteiger charge is -2.24. The Morgan fingerprint density at radius 2 is 2.00 bits per heavy atom. The summed E-state index contributed by atoms with van der Waals surface area (Å²) < 4.78 is 20.5. The number of nitrogens with zero attached hydrogens (tertiary/aromatic N) is 1. The summed E-state index contributed by atoms with van der Waals surface area (Å²) >= 11 is 0. The minimum atomic E-state index is -0.401. The largest absolute Gasteiger partial charge is 0.484 e. The number of allylic oxidation sites excluding steroid dienone is 1. The molecule has 0 radical (unpaired) electrons. The molecule has 0 fully saturated rings. The number of hydrogen-bond donors (Lipinski definition) is 1. The van der Waals surface area contributed by atoms with Gasteiger partial charge >= 0.3 is 0 Å². The van der Waals surface area contributed by atoms with Crippen molar-refractivity contribution in [3.63, 3.8) is 0 Å². The topological polar surface area (TPSA) is 41.6 Å². The van der Waals surface area contributed by atoms with E-state index in [2.05, 4.69) is 10.2 Å². The molecule has 28 heavy (non-hydrogen) atoms. The van der Waals surface area contributed by atoms with Crippen LogP contribution in [0.1, 0.15) is 31.1 Å². The molecule has 1 heterocycles. The fourth-order valence-electron chi connectivity index (χ4n) is 3.22. The highest BCUT2D eigenvalue weighted by molar-refractivity contribution is 5.87. The zero-order valence-electron chi connectivity index (χ0n) is 16.4. The predicted molar refractivity (Wildman–Crippen MR) is 108 cm³/mol. The number of nitrogens with one attached hydrogen (secondary N) is 1. The molecule has 1 aliphatic rings. The van der Waals surface area contributed by atoms with Crippen molar-refractivity contribution in [1.29, 1.82) is 0 Å². The molecule has 1 atom stereocenters. The smallest absolute Gasteiger partial charge is 0.243 e. The summed E-state index contributed by atoms with van der Waals surface area (Å²) in [5, 5.41) is 2.91. The van der Waals surface area contributed by atoms with Crippen molar-refractivity contribution in [3.8, 4) is 5.75 Å². The SMILES string of the molecule is CC(C)/C=C/C(=O)NCCN1Cc2ccccc2OC(c2ccccc2F)C1. The summed E-state index contributed by atoms with van der Waals surface area (Å²) in [4.78, 5) is 14.1. The first-order valence-electron chi connectivity index (χ1n) is 9.70. The molecule has 0 bridgehead atoms. The quantitative estimate of drug-likeness (QED) is 0.765. The van der Waals surface area contributed by atoms with Crippen LogP contribution >= 0.6 is 0 Å². The average molecular weight is 382 g/mol. The van der Waals surface area contributed by atoms with Crippen LogP contribution in [0.4, 0.5) is 4.39 Å². The van der Waals surface area contributed by atoms with E-state index in [-0.39, 0.29) is 11.7 Å². The number of benzene rings is 2. The van der Waals surface area contributed by atoms with Crippen molar-refractivity contribution in [2.45, 2.75) is 26.5 Å². The Bertz CT molecular complexity index is 835. The number of carbonyl (C=O) groups excluding carboxylic acids is 1. The van der Waals surface area contributed by atoms with Gasteiger partial charge in [0.15, 0.2) is 0 Å². The van der Waals surface area contributed by atoms with Gasteiger partial charge in [0.25, 0.3) is 0 Å². The number of hydrogen-bond acceptors (Lipinski definition) is 3. The molecule has 0 aliphatic carbocycles.